The van der Waals surface area contributed by atoms with E-state index in [1.807, 2.05) is 52.6 Å². The lowest BCUT2D eigenvalue weighted by Gasteiger charge is -2.35. The van der Waals surface area contributed by atoms with Crippen LogP contribution >= 0.6 is 11.3 Å². The van der Waals surface area contributed by atoms with Crippen LogP contribution < -0.4 is 0 Å². The predicted octanol–water partition coefficient (Wildman–Crippen LogP) is 10.5. The monoisotopic (exact) mass is 730 g/mol. The molecule has 2 N–H and O–H groups in total. The van der Waals surface area contributed by atoms with Gasteiger partial charge in [0.05, 0.1) is 35.0 Å². The topological polar surface area (TPSA) is 116 Å². The molecule has 0 spiro atoms. The summed E-state index contributed by atoms with van der Waals surface area (Å²) >= 11 is 1.79. The van der Waals surface area contributed by atoms with Gasteiger partial charge in [-0.05, 0) is 115 Å². The first-order valence-electron chi connectivity index (χ1n) is 18.8. The Balaban J connectivity index is 0.969. The van der Waals surface area contributed by atoms with Crippen LogP contribution in [0.5, 0.6) is 0 Å². The van der Waals surface area contributed by atoms with Gasteiger partial charge in [-0.15, -0.1) is 11.3 Å². The summed E-state index contributed by atoms with van der Waals surface area (Å²) in [6, 6.07) is 19.6. The van der Waals surface area contributed by atoms with Crippen molar-refractivity contribution in [1.82, 2.24) is 29.7 Å². The molecule has 4 atom stereocenters. The van der Waals surface area contributed by atoms with E-state index in [1.165, 1.54) is 20.2 Å². The number of amides is 2. The minimum atomic E-state index is -0.544. The third-order valence-electron chi connectivity index (χ3n) is 10.9. The van der Waals surface area contributed by atoms with Gasteiger partial charge in [-0.2, -0.15) is 0 Å². The number of likely N-dealkylation sites (tertiary alicyclic amines) is 2. The molecule has 3 aliphatic rings. The first-order valence-corrected chi connectivity index (χ1v) is 19.6. The van der Waals surface area contributed by atoms with Gasteiger partial charge in [0.25, 0.3) is 0 Å². The molecule has 3 fully saturated rings. The van der Waals surface area contributed by atoms with Gasteiger partial charge in [-0.25, -0.2) is 19.6 Å². The van der Waals surface area contributed by atoms with Gasteiger partial charge in [-0.1, -0.05) is 30.3 Å². The normalized spacial score (nSPS) is 21.8. The van der Waals surface area contributed by atoms with E-state index in [2.05, 4.69) is 64.6 Å². The Hall–Kier alpha value is -4.90. The lowest BCUT2D eigenvalue weighted by atomic mass is 9.98. The Bertz CT molecular complexity index is 2400. The van der Waals surface area contributed by atoms with Crippen molar-refractivity contribution in [2.75, 3.05) is 6.54 Å². The first-order chi connectivity index (χ1) is 25.3. The molecular formula is C42H46N6O4S. The van der Waals surface area contributed by atoms with Crippen molar-refractivity contribution in [3.8, 4) is 22.4 Å². The maximum atomic E-state index is 13.3. The molecule has 0 radical (unpaired) electrons. The van der Waals surface area contributed by atoms with Crippen LogP contribution in [0.15, 0.2) is 60.8 Å². The van der Waals surface area contributed by atoms with E-state index in [9.17, 15) is 9.59 Å². The Kier molecular flexibility index (Phi) is 7.89. The highest BCUT2D eigenvalue weighted by molar-refractivity contribution is 7.25. The highest BCUT2D eigenvalue weighted by Gasteiger charge is 2.51. The van der Waals surface area contributed by atoms with Gasteiger partial charge < -0.3 is 19.4 Å². The van der Waals surface area contributed by atoms with Gasteiger partial charge in [0.2, 0.25) is 0 Å². The maximum Gasteiger partial charge on any atom is 0.411 e. The fourth-order valence-corrected chi connectivity index (χ4v) is 9.82. The molecule has 9 rings (SSSR count). The Morgan fingerprint density at radius 2 is 1.47 bits per heavy atom. The van der Waals surface area contributed by atoms with Crippen LogP contribution in [0.2, 0.25) is 0 Å². The quantitative estimate of drug-likeness (QED) is 0.186. The number of H-pyrrole nitrogens is 2. The largest absolute Gasteiger partial charge is 0.444 e. The van der Waals surface area contributed by atoms with Crippen molar-refractivity contribution in [2.24, 2.45) is 5.92 Å². The zero-order valence-corrected chi connectivity index (χ0v) is 32.0. The van der Waals surface area contributed by atoms with Crippen molar-refractivity contribution < 1.29 is 19.1 Å². The smallest absolute Gasteiger partial charge is 0.411 e. The Labute approximate surface area is 312 Å². The van der Waals surface area contributed by atoms with Crippen LogP contribution in [0.1, 0.15) is 97.4 Å². The van der Waals surface area contributed by atoms with Gasteiger partial charge in [0.1, 0.15) is 22.9 Å². The van der Waals surface area contributed by atoms with Crippen molar-refractivity contribution >= 4 is 54.7 Å². The molecule has 10 nitrogen and oxygen atoms in total. The number of thiophene rings is 1. The van der Waals surface area contributed by atoms with Crippen LogP contribution in [-0.2, 0) is 9.47 Å². The standard InChI is InChI=1S/C42H46N6O4S/c1-41(2,3)51-39(49)47-17-7-8-33(47)37-43-22-32(46-37)25-11-15-29-28-14-10-24(20-34(28)53-35(29)21-25)23-12-16-30-31(19-23)45-38(44-30)36-26-9-13-27(18-26)48(36)40(50)52-42(4,5)6/h10-12,14-16,19-22,26-27,33,36H,7-9,13,17-18H2,1-6H3,(H,43,46)(H,44,45)/t26-,27-,33+,36+/m1/s1. The number of piperidine rings is 1. The van der Waals surface area contributed by atoms with Crippen molar-refractivity contribution in [2.45, 2.75) is 103 Å². The maximum absolute atomic E-state index is 13.3. The number of nitrogens with one attached hydrogen (secondary N) is 2. The molecule has 2 saturated heterocycles. The summed E-state index contributed by atoms with van der Waals surface area (Å²) in [4.78, 5) is 46.8. The summed E-state index contributed by atoms with van der Waals surface area (Å²) < 4.78 is 13.9. The predicted molar refractivity (Wildman–Crippen MR) is 209 cm³/mol. The number of fused-ring (bicyclic) bond motifs is 6. The van der Waals surface area contributed by atoms with Crippen LogP contribution in [0, 0.1) is 5.92 Å². The van der Waals surface area contributed by atoms with E-state index in [0.717, 1.165) is 77.2 Å². The second-order valence-electron chi connectivity index (χ2n) is 17.0. The number of benzene rings is 3. The average Bonchev–Trinajstić information content (AvgIpc) is 3.95. The summed E-state index contributed by atoms with van der Waals surface area (Å²) in [5.74, 6) is 2.03. The lowest BCUT2D eigenvalue weighted by Crippen LogP contribution is -2.43. The number of aromatic amines is 2. The van der Waals surface area contributed by atoms with Crippen LogP contribution in [0.3, 0.4) is 0 Å². The summed E-state index contributed by atoms with van der Waals surface area (Å²) in [5, 5.41) is 2.45. The highest BCUT2D eigenvalue weighted by Crippen LogP contribution is 2.50. The number of rotatable bonds is 4. The average molecular weight is 731 g/mol. The van der Waals surface area contributed by atoms with Crippen molar-refractivity contribution in [1.29, 1.82) is 0 Å². The minimum Gasteiger partial charge on any atom is -0.444 e. The van der Waals surface area contributed by atoms with Crippen molar-refractivity contribution in [3.05, 3.63) is 72.4 Å². The Morgan fingerprint density at radius 3 is 2.23 bits per heavy atom. The highest BCUT2D eigenvalue weighted by atomic mass is 32.1. The number of nitrogens with zero attached hydrogens (tertiary/aromatic N) is 4. The minimum absolute atomic E-state index is 0.0952. The second-order valence-corrected chi connectivity index (χ2v) is 18.0. The molecule has 11 heteroatoms. The zero-order valence-electron chi connectivity index (χ0n) is 31.2. The first kappa shape index (κ1) is 33.9. The van der Waals surface area contributed by atoms with Gasteiger partial charge in [0.15, 0.2) is 0 Å². The number of hydrogen-bond acceptors (Lipinski definition) is 7. The van der Waals surface area contributed by atoms with E-state index in [4.69, 9.17) is 19.4 Å². The number of aromatic nitrogens is 4. The number of imidazole rings is 2. The molecule has 2 bridgehead atoms. The number of carbonyl (C=O) groups is 2. The third kappa shape index (κ3) is 6.22. The fraction of sp³-hybridized carbons (Fsp3) is 0.429. The lowest BCUT2D eigenvalue weighted by molar-refractivity contribution is 0.00616. The number of ether oxygens (including phenoxy) is 2. The molecular weight excluding hydrogens is 685 g/mol. The van der Waals surface area contributed by atoms with E-state index in [1.54, 1.807) is 16.2 Å². The molecule has 2 amide bonds. The summed E-state index contributed by atoms with van der Waals surface area (Å²) in [5.41, 5.74) is 5.03. The molecule has 3 aromatic carbocycles. The van der Waals surface area contributed by atoms with E-state index >= 15 is 0 Å². The van der Waals surface area contributed by atoms with Gasteiger partial charge in [0, 0.05) is 38.3 Å². The SMILES string of the molecule is CC(C)(C)OC(=O)N1CCC[C@H]1c1ncc(-c2ccc3c(c2)sc2cc(-c4ccc5nc([C@@H]6[C@@H]7CC[C@H](C7)N6C(=O)OC(C)(C)C)[nH]c5c4)ccc23)[nH]1. The molecule has 6 aromatic rings. The molecule has 2 aliphatic heterocycles. The summed E-state index contributed by atoms with van der Waals surface area (Å²) in [7, 11) is 0. The molecule has 53 heavy (non-hydrogen) atoms. The van der Waals surface area contributed by atoms with E-state index in [-0.39, 0.29) is 30.3 Å². The number of hydrogen-bond donors (Lipinski definition) is 2. The van der Waals surface area contributed by atoms with Crippen LogP contribution in [-0.4, -0.2) is 65.7 Å². The second kappa shape index (κ2) is 12.3. The summed E-state index contributed by atoms with van der Waals surface area (Å²) in [6.07, 6.45) is 6.23. The van der Waals surface area contributed by atoms with Gasteiger partial charge in [-0.3, -0.25) is 9.80 Å². The van der Waals surface area contributed by atoms with E-state index in [0.29, 0.717) is 12.5 Å². The van der Waals surface area contributed by atoms with Crippen molar-refractivity contribution in [3.63, 3.8) is 0 Å². The molecule has 0 unspecified atom stereocenters. The number of carbonyl (C=O) groups excluding carboxylic acids is 2. The van der Waals surface area contributed by atoms with E-state index < -0.39 is 11.2 Å². The van der Waals surface area contributed by atoms with Crippen LogP contribution in [0.4, 0.5) is 9.59 Å². The van der Waals surface area contributed by atoms with Gasteiger partial charge >= 0.3 is 12.2 Å². The molecule has 3 aromatic heterocycles. The molecule has 274 valence electrons. The molecule has 1 saturated carbocycles. The van der Waals surface area contributed by atoms with Crippen LogP contribution in [0.25, 0.3) is 53.6 Å². The fourth-order valence-electron chi connectivity index (χ4n) is 8.63. The molecule has 5 heterocycles. The molecule has 1 aliphatic carbocycles. The summed E-state index contributed by atoms with van der Waals surface area (Å²) in [6.45, 7) is 12.1. The third-order valence-corrected chi connectivity index (χ3v) is 12.0. The Morgan fingerprint density at radius 1 is 0.792 bits per heavy atom. The zero-order chi connectivity index (χ0) is 36.8.